The van der Waals surface area contributed by atoms with Gasteiger partial charge in [0.15, 0.2) is 0 Å². The lowest BCUT2D eigenvalue weighted by molar-refractivity contribution is -0.137. The molecular formula is C13H25NO3. The van der Waals surface area contributed by atoms with Gasteiger partial charge in [-0.25, -0.2) is 0 Å². The lowest BCUT2D eigenvalue weighted by Crippen LogP contribution is -2.41. The van der Waals surface area contributed by atoms with Gasteiger partial charge in [0.25, 0.3) is 0 Å². The number of nitrogens with zero attached hydrogens (tertiary/aromatic N) is 1. The highest BCUT2D eigenvalue weighted by Gasteiger charge is 2.22. The third-order valence-electron chi connectivity index (χ3n) is 3.27. The topological polar surface area (TPSA) is 49.8 Å². The van der Waals surface area contributed by atoms with Crippen molar-refractivity contribution in [2.45, 2.75) is 58.1 Å². The van der Waals surface area contributed by atoms with Crippen molar-refractivity contribution in [2.24, 2.45) is 0 Å². The third kappa shape index (κ3) is 6.03. The Kier molecular flexibility index (Phi) is 6.52. The molecule has 0 aromatic rings. The molecule has 1 fully saturated rings. The van der Waals surface area contributed by atoms with E-state index in [9.17, 15) is 4.79 Å². The zero-order chi connectivity index (χ0) is 12.7. The number of rotatable bonds is 7. The van der Waals surface area contributed by atoms with Crippen LogP contribution in [-0.2, 0) is 9.53 Å². The number of hydrogen-bond acceptors (Lipinski definition) is 3. The van der Waals surface area contributed by atoms with E-state index in [1.54, 1.807) is 0 Å². The van der Waals surface area contributed by atoms with Gasteiger partial charge in [-0.1, -0.05) is 6.42 Å². The van der Waals surface area contributed by atoms with Crippen molar-refractivity contribution in [1.82, 2.24) is 4.90 Å². The molecule has 0 aromatic heterocycles. The molecular weight excluding hydrogens is 218 g/mol. The molecule has 0 aliphatic carbocycles. The van der Waals surface area contributed by atoms with Crippen LogP contribution in [0.15, 0.2) is 0 Å². The number of carboxylic acids is 1. The molecule has 0 spiro atoms. The number of hydrogen-bond donors (Lipinski definition) is 1. The second-order valence-electron chi connectivity index (χ2n) is 5.04. The van der Waals surface area contributed by atoms with Crippen LogP contribution in [0, 0.1) is 0 Å². The Hall–Kier alpha value is -0.610. The van der Waals surface area contributed by atoms with Gasteiger partial charge in [-0.05, 0) is 39.7 Å². The molecule has 0 bridgehead atoms. The first-order chi connectivity index (χ1) is 8.09. The number of carbonyl (C=O) groups is 1. The first-order valence-electron chi connectivity index (χ1n) is 6.67. The van der Waals surface area contributed by atoms with Crippen LogP contribution in [-0.4, -0.2) is 47.8 Å². The predicted molar refractivity (Wildman–Crippen MR) is 67.2 cm³/mol. The maximum absolute atomic E-state index is 10.6. The maximum Gasteiger partial charge on any atom is 0.303 e. The Morgan fingerprint density at radius 3 is 2.88 bits per heavy atom. The fourth-order valence-electron chi connectivity index (χ4n) is 2.38. The number of carboxylic acid groups (broad SMARTS) is 1. The van der Waals surface area contributed by atoms with Gasteiger partial charge in [0.2, 0.25) is 0 Å². The Morgan fingerprint density at radius 2 is 2.24 bits per heavy atom. The van der Waals surface area contributed by atoms with E-state index in [0.717, 1.165) is 32.5 Å². The van der Waals surface area contributed by atoms with Gasteiger partial charge in [-0.15, -0.1) is 0 Å². The van der Waals surface area contributed by atoms with Gasteiger partial charge in [0.05, 0.1) is 12.7 Å². The minimum atomic E-state index is -0.686. The van der Waals surface area contributed by atoms with Crippen molar-refractivity contribution in [2.75, 3.05) is 19.7 Å². The summed E-state index contributed by atoms with van der Waals surface area (Å²) < 4.78 is 5.56. The fourth-order valence-corrected chi connectivity index (χ4v) is 2.38. The average molecular weight is 243 g/mol. The average Bonchev–Trinajstić information content (AvgIpc) is 2.27. The summed E-state index contributed by atoms with van der Waals surface area (Å²) in [6.45, 7) is 6.85. The van der Waals surface area contributed by atoms with E-state index in [0.29, 0.717) is 6.04 Å². The Balaban J connectivity index is 2.29. The summed E-state index contributed by atoms with van der Waals surface area (Å²) in [7, 11) is 0. The molecule has 1 rings (SSSR count). The molecule has 1 heterocycles. The molecule has 1 aliphatic rings. The van der Waals surface area contributed by atoms with Gasteiger partial charge >= 0.3 is 5.97 Å². The van der Waals surface area contributed by atoms with E-state index in [4.69, 9.17) is 9.84 Å². The van der Waals surface area contributed by atoms with Gasteiger partial charge < -0.3 is 9.84 Å². The minimum absolute atomic E-state index is 0.275. The van der Waals surface area contributed by atoms with Crippen molar-refractivity contribution in [3.8, 4) is 0 Å². The lowest BCUT2D eigenvalue weighted by atomic mass is 9.98. The first-order valence-corrected chi connectivity index (χ1v) is 6.67. The largest absolute Gasteiger partial charge is 0.481 e. The maximum atomic E-state index is 10.6. The van der Waals surface area contributed by atoms with Crippen LogP contribution in [0.3, 0.4) is 0 Å². The van der Waals surface area contributed by atoms with Crippen LogP contribution in [0.1, 0.15) is 46.0 Å². The van der Waals surface area contributed by atoms with Gasteiger partial charge in [-0.3, -0.25) is 9.69 Å². The highest BCUT2D eigenvalue weighted by atomic mass is 16.5. The molecule has 4 heteroatoms. The second kappa shape index (κ2) is 7.67. The Bertz CT molecular complexity index is 231. The third-order valence-corrected chi connectivity index (χ3v) is 3.27. The number of aliphatic carboxylic acids is 1. The number of likely N-dealkylation sites (tertiary alicyclic amines) is 1. The molecule has 0 saturated carbocycles. The normalized spacial score (nSPS) is 21.9. The van der Waals surface area contributed by atoms with E-state index in [-0.39, 0.29) is 12.5 Å². The van der Waals surface area contributed by atoms with Crippen LogP contribution in [0.25, 0.3) is 0 Å². The number of piperidine rings is 1. The molecule has 100 valence electrons. The lowest BCUT2D eigenvalue weighted by Gasteiger charge is -2.35. The summed E-state index contributed by atoms with van der Waals surface area (Å²) in [6, 6.07) is 0.440. The second-order valence-corrected chi connectivity index (χ2v) is 5.04. The van der Waals surface area contributed by atoms with Crippen molar-refractivity contribution in [3.63, 3.8) is 0 Å². The molecule has 0 amide bonds. The van der Waals surface area contributed by atoms with Crippen LogP contribution < -0.4 is 0 Å². The number of ether oxygens (including phenoxy) is 1. The molecule has 1 atom stereocenters. The highest BCUT2D eigenvalue weighted by Crippen LogP contribution is 2.20. The van der Waals surface area contributed by atoms with Crippen molar-refractivity contribution in [1.29, 1.82) is 0 Å². The summed E-state index contributed by atoms with van der Waals surface area (Å²) in [5.74, 6) is -0.686. The monoisotopic (exact) mass is 243 g/mol. The molecule has 4 nitrogen and oxygen atoms in total. The predicted octanol–water partition coefficient (Wildman–Crippen LogP) is 2.13. The highest BCUT2D eigenvalue weighted by molar-refractivity contribution is 5.66. The van der Waals surface area contributed by atoms with Crippen LogP contribution in [0.2, 0.25) is 0 Å². The van der Waals surface area contributed by atoms with E-state index < -0.39 is 5.97 Å². The quantitative estimate of drug-likeness (QED) is 0.744. The SMILES string of the molecule is CC(C)OCCN1CCCCC1CCC(=O)O. The van der Waals surface area contributed by atoms with Gasteiger partial charge in [-0.2, -0.15) is 0 Å². The van der Waals surface area contributed by atoms with E-state index in [2.05, 4.69) is 4.90 Å². The summed E-state index contributed by atoms with van der Waals surface area (Å²) in [5, 5.41) is 8.74. The summed E-state index contributed by atoms with van der Waals surface area (Å²) in [4.78, 5) is 13.0. The molecule has 0 radical (unpaired) electrons. The van der Waals surface area contributed by atoms with Crippen LogP contribution in [0.4, 0.5) is 0 Å². The van der Waals surface area contributed by atoms with E-state index in [1.807, 2.05) is 13.8 Å². The molecule has 1 saturated heterocycles. The molecule has 1 unspecified atom stereocenters. The molecule has 0 aromatic carbocycles. The van der Waals surface area contributed by atoms with Gasteiger partial charge in [0.1, 0.15) is 0 Å². The molecule has 1 N–H and O–H groups in total. The summed E-state index contributed by atoms with van der Waals surface area (Å²) in [6.07, 6.45) is 4.92. The van der Waals surface area contributed by atoms with Crippen molar-refractivity contribution >= 4 is 5.97 Å². The standard InChI is InChI=1S/C13H25NO3/c1-11(2)17-10-9-14-8-4-3-5-12(14)6-7-13(15)16/h11-12H,3-10H2,1-2H3,(H,15,16). The molecule has 17 heavy (non-hydrogen) atoms. The summed E-state index contributed by atoms with van der Waals surface area (Å²) >= 11 is 0. The van der Waals surface area contributed by atoms with Crippen molar-refractivity contribution < 1.29 is 14.6 Å². The zero-order valence-electron chi connectivity index (χ0n) is 11.0. The Labute approximate surface area is 104 Å². The summed E-state index contributed by atoms with van der Waals surface area (Å²) in [5.41, 5.74) is 0. The minimum Gasteiger partial charge on any atom is -0.481 e. The Morgan fingerprint density at radius 1 is 1.47 bits per heavy atom. The van der Waals surface area contributed by atoms with E-state index in [1.165, 1.54) is 12.8 Å². The fraction of sp³-hybridized carbons (Fsp3) is 0.923. The van der Waals surface area contributed by atoms with Gasteiger partial charge in [0, 0.05) is 19.0 Å². The smallest absolute Gasteiger partial charge is 0.303 e. The van der Waals surface area contributed by atoms with Crippen molar-refractivity contribution in [3.05, 3.63) is 0 Å². The molecule has 1 aliphatic heterocycles. The van der Waals surface area contributed by atoms with E-state index >= 15 is 0 Å². The first kappa shape index (κ1) is 14.5. The van der Waals surface area contributed by atoms with Crippen LogP contribution in [0.5, 0.6) is 0 Å². The zero-order valence-corrected chi connectivity index (χ0v) is 11.0. The van der Waals surface area contributed by atoms with Crippen LogP contribution >= 0.6 is 0 Å².